The average molecular weight is 107 g/mol. The Bertz CT molecular complexity index is 173. The minimum atomic E-state index is 0.490. The number of hydrogen-bond donors (Lipinski definition) is 1. The van der Waals surface area contributed by atoms with Gasteiger partial charge in [-0.3, -0.25) is 0 Å². The number of aliphatic imine (C=N–C) groups is 1. The van der Waals surface area contributed by atoms with Gasteiger partial charge in [-0.1, -0.05) is 0 Å². The van der Waals surface area contributed by atoms with Gasteiger partial charge in [0.1, 0.15) is 11.8 Å². The molecule has 1 heterocycles. The molecule has 0 atom stereocenters. The summed E-state index contributed by atoms with van der Waals surface area (Å²) >= 11 is 0. The fraction of sp³-hybridized carbons (Fsp3) is 0.200. The zero-order chi connectivity index (χ0) is 5.82. The van der Waals surface area contributed by atoms with E-state index in [-0.39, 0.29) is 0 Å². The van der Waals surface area contributed by atoms with Crippen molar-refractivity contribution >= 4 is 6.34 Å². The molecule has 0 aromatic carbocycles. The van der Waals surface area contributed by atoms with Crippen molar-refractivity contribution in [3.63, 3.8) is 0 Å². The summed E-state index contributed by atoms with van der Waals surface area (Å²) in [7, 11) is 0. The lowest BCUT2D eigenvalue weighted by molar-refractivity contribution is 1.02. The molecule has 1 N–H and O–H groups in total. The molecule has 0 spiro atoms. The third-order valence-corrected chi connectivity index (χ3v) is 0.823. The van der Waals surface area contributed by atoms with Crippen molar-refractivity contribution in [1.82, 2.24) is 5.32 Å². The summed E-state index contributed by atoms with van der Waals surface area (Å²) < 4.78 is 0. The zero-order valence-corrected chi connectivity index (χ0v) is 4.26. The number of allylic oxidation sites excluding steroid dienone is 1. The van der Waals surface area contributed by atoms with Crippen LogP contribution in [0.25, 0.3) is 0 Å². The Morgan fingerprint density at radius 1 is 1.88 bits per heavy atom. The first-order valence-corrected chi connectivity index (χ1v) is 2.29. The third kappa shape index (κ3) is 0.850. The lowest BCUT2D eigenvalue weighted by atomic mass is 10.4. The Morgan fingerprint density at radius 2 is 2.75 bits per heavy atom. The van der Waals surface area contributed by atoms with Crippen LogP contribution >= 0.6 is 0 Å². The van der Waals surface area contributed by atoms with E-state index in [1.807, 2.05) is 6.07 Å². The largest absolute Gasteiger partial charge is 0.372 e. The van der Waals surface area contributed by atoms with E-state index >= 15 is 0 Å². The summed E-state index contributed by atoms with van der Waals surface area (Å²) in [5.41, 5.74) is 0.490. The van der Waals surface area contributed by atoms with Crippen molar-refractivity contribution in [1.29, 1.82) is 5.26 Å². The lowest BCUT2D eigenvalue weighted by Gasteiger charge is -1.98. The average Bonchev–Trinajstić information content (AvgIpc) is 1.90. The van der Waals surface area contributed by atoms with Crippen LogP contribution in [0.4, 0.5) is 0 Å². The highest BCUT2D eigenvalue weighted by atomic mass is 15.0. The van der Waals surface area contributed by atoms with Gasteiger partial charge in [-0.05, 0) is 6.08 Å². The first-order chi connectivity index (χ1) is 3.93. The van der Waals surface area contributed by atoms with Crippen molar-refractivity contribution in [2.45, 2.75) is 0 Å². The number of nitrogens with zero attached hydrogens (tertiary/aromatic N) is 2. The van der Waals surface area contributed by atoms with E-state index in [0.29, 0.717) is 12.2 Å². The Morgan fingerprint density at radius 3 is 3.12 bits per heavy atom. The molecule has 0 aromatic rings. The van der Waals surface area contributed by atoms with Gasteiger partial charge >= 0.3 is 0 Å². The highest BCUT2D eigenvalue weighted by Gasteiger charge is 1.91. The molecule has 1 aliphatic rings. The van der Waals surface area contributed by atoms with Gasteiger partial charge in [0, 0.05) is 6.54 Å². The molecule has 0 saturated heterocycles. The fourth-order valence-corrected chi connectivity index (χ4v) is 0.451. The van der Waals surface area contributed by atoms with Crippen LogP contribution < -0.4 is 5.32 Å². The highest BCUT2D eigenvalue weighted by molar-refractivity contribution is 5.59. The molecule has 1 rings (SSSR count). The van der Waals surface area contributed by atoms with Crippen molar-refractivity contribution in [3.8, 4) is 6.07 Å². The van der Waals surface area contributed by atoms with Crippen molar-refractivity contribution in [3.05, 3.63) is 11.8 Å². The van der Waals surface area contributed by atoms with Gasteiger partial charge in [0.2, 0.25) is 0 Å². The molecule has 0 radical (unpaired) electrons. The topological polar surface area (TPSA) is 48.2 Å². The van der Waals surface area contributed by atoms with E-state index in [2.05, 4.69) is 10.3 Å². The van der Waals surface area contributed by atoms with E-state index in [1.54, 1.807) is 6.08 Å². The van der Waals surface area contributed by atoms with Gasteiger partial charge in [-0.2, -0.15) is 5.26 Å². The van der Waals surface area contributed by atoms with E-state index in [4.69, 9.17) is 5.26 Å². The first-order valence-electron chi connectivity index (χ1n) is 2.29. The molecule has 0 saturated carbocycles. The summed E-state index contributed by atoms with van der Waals surface area (Å²) in [5, 5.41) is 11.1. The summed E-state index contributed by atoms with van der Waals surface area (Å²) in [5.74, 6) is 0. The Balaban J connectivity index is 2.68. The second-order valence-electron chi connectivity index (χ2n) is 1.37. The lowest BCUT2D eigenvalue weighted by Crippen LogP contribution is -2.14. The summed E-state index contributed by atoms with van der Waals surface area (Å²) in [6.07, 6.45) is 3.26. The molecule has 0 aromatic heterocycles. The summed E-state index contributed by atoms with van der Waals surface area (Å²) in [6, 6.07) is 1.93. The fourth-order valence-electron chi connectivity index (χ4n) is 0.451. The molecule has 1 aliphatic heterocycles. The van der Waals surface area contributed by atoms with Gasteiger partial charge in [-0.25, -0.2) is 4.99 Å². The quantitative estimate of drug-likeness (QED) is 0.474. The maximum atomic E-state index is 8.23. The number of nitrogens with one attached hydrogen (secondary N) is 1. The van der Waals surface area contributed by atoms with E-state index in [1.165, 1.54) is 6.34 Å². The number of rotatable bonds is 0. The molecular formula is C5H5N3. The number of nitriles is 1. The maximum Gasteiger partial charge on any atom is 0.139 e. The normalized spacial score (nSPS) is 16.1. The minimum Gasteiger partial charge on any atom is -0.372 e. The van der Waals surface area contributed by atoms with Gasteiger partial charge in [0.25, 0.3) is 0 Å². The second kappa shape index (κ2) is 2.12. The van der Waals surface area contributed by atoms with Crippen LogP contribution in [0.1, 0.15) is 0 Å². The van der Waals surface area contributed by atoms with Crippen molar-refractivity contribution in [2.24, 2.45) is 4.99 Å². The SMILES string of the molecule is N#CC1=CCNC=N1. The number of hydrogen-bond acceptors (Lipinski definition) is 3. The third-order valence-electron chi connectivity index (χ3n) is 0.823. The van der Waals surface area contributed by atoms with Gasteiger partial charge < -0.3 is 5.32 Å². The zero-order valence-electron chi connectivity index (χ0n) is 4.26. The van der Waals surface area contributed by atoms with Crippen LogP contribution in [0.15, 0.2) is 16.8 Å². The Labute approximate surface area is 47.3 Å². The molecule has 0 amide bonds. The molecule has 0 aliphatic carbocycles. The maximum absolute atomic E-state index is 8.23. The van der Waals surface area contributed by atoms with Crippen molar-refractivity contribution < 1.29 is 0 Å². The molecule has 0 bridgehead atoms. The Hall–Kier alpha value is -1.30. The van der Waals surface area contributed by atoms with Gasteiger partial charge in [-0.15, -0.1) is 0 Å². The van der Waals surface area contributed by atoms with Crippen molar-refractivity contribution in [2.75, 3.05) is 6.54 Å². The van der Waals surface area contributed by atoms with Crippen LogP contribution in [0.3, 0.4) is 0 Å². The molecule has 40 valence electrons. The molecule has 3 nitrogen and oxygen atoms in total. The minimum absolute atomic E-state index is 0.490. The van der Waals surface area contributed by atoms with Gasteiger partial charge in [0.15, 0.2) is 0 Å². The first kappa shape index (κ1) is 4.85. The standard InChI is InChI=1S/C5H5N3/c6-3-5-1-2-7-4-8-5/h1,4H,2H2,(H,7,8). The molecular weight excluding hydrogens is 102 g/mol. The highest BCUT2D eigenvalue weighted by Crippen LogP contribution is 1.93. The smallest absolute Gasteiger partial charge is 0.139 e. The van der Waals surface area contributed by atoms with E-state index in [0.717, 1.165) is 0 Å². The molecule has 0 unspecified atom stereocenters. The van der Waals surface area contributed by atoms with Crippen LogP contribution in [0, 0.1) is 11.3 Å². The predicted octanol–water partition coefficient (Wildman–Crippen LogP) is 0.0254. The van der Waals surface area contributed by atoms with Crippen LogP contribution in [0.5, 0.6) is 0 Å². The molecule has 8 heavy (non-hydrogen) atoms. The summed E-state index contributed by atoms with van der Waals surface area (Å²) in [6.45, 7) is 0.715. The predicted molar refractivity (Wildman–Crippen MR) is 30.2 cm³/mol. The van der Waals surface area contributed by atoms with E-state index < -0.39 is 0 Å². The van der Waals surface area contributed by atoms with Crippen LogP contribution in [-0.4, -0.2) is 12.9 Å². The van der Waals surface area contributed by atoms with E-state index in [9.17, 15) is 0 Å². The van der Waals surface area contributed by atoms with Crippen LogP contribution in [-0.2, 0) is 0 Å². The monoisotopic (exact) mass is 107 g/mol. The summed E-state index contributed by atoms with van der Waals surface area (Å²) in [4.78, 5) is 3.71. The molecule has 3 heteroatoms. The molecule has 0 fully saturated rings. The van der Waals surface area contributed by atoms with Gasteiger partial charge in [0.05, 0.1) is 6.34 Å². The Kier molecular flexibility index (Phi) is 1.29. The second-order valence-corrected chi connectivity index (χ2v) is 1.37. The van der Waals surface area contributed by atoms with Crippen LogP contribution in [0.2, 0.25) is 0 Å².